The predicted octanol–water partition coefficient (Wildman–Crippen LogP) is 2.18. The maximum absolute atomic E-state index is 8.36. The van der Waals surface area contributed by atoms with Gasteiger partial charge in [0.05, 0.1) is 6.07 Å². The molecule has 18 heavy (non-hydrogen) atoms. The third kappa shape index (κ3) is 20800. The number of thiol groups is 1. The zero-order valence-corrected chi connectivity index (χ0v) is 15.0. The van der Waals surface area contributed by atoms with E-state index in [1.807, 2.05) is 34.5 Å². The molecule has 0 aliphatic carbocycles. The fourth-order valence-electron chi connectivity index (χ4n) is 0. The number of carbonyl (C=O) groups excluding carboxylic acids is 1. The number of carboxylic acid groups (broad SMARTS) is 1. The van der Waals surface area contributed by atoms with Crippen molar-refractivity contribution in [3.8, 4) is 6.07 Å². The zero-order valence-electron chi connectivity index (χ0n) is 12.1. The molecule has 0 spiro atoms. The van der Waals surface area contributed by atoms with Gasteiger partial charge >= 0.3 is 0 Å². The molecule has 6 nitrogen and oxygen atoms in total. The molecular weight excluding hydrogens is 294 g/mol. The van der Waals surface area contributed by atoms with Crippen LogP contribution < -0.4 is 11.7 Å². The molecule has 0 rings (SSSR count). The van der Waals surface area contributed by atoms with Crippen LogP contribution in [-0.2, 0) is 9.59 Å². The van der Waals surface area contributed by atoms with Crippen LogP contribution in [0.1, 0.15) is 37.5 Å². The van der Waals surface area contributed by atoms with E-state index in [-0.39, 0.29) is 36.3 Å². The summed E-state index contributed by atoms with van der Waals surface area (Å²) in [6, 6.07) is 1.75. The summed E-state index contributed by atoms with van der Waals surface area (Å²) in [6.07, 6.45) is 1.69. The van der Waals surface area contributed by atoms with Crippen LogP contribution >= 0.6 is 39.6 Å². The van der Waals surface area contributed by atoms with Crippen LogP contribution in [-0.4, -0.2) is 24.6 Å². The lowest BCUT2D eigenvalue weighted by molar-refractivity contribution is -0.122. The number of rotatable bonds is 0. The van der Waals surface area contributed by atoms with Gasteiger partial charge in [0.2, 0.25) is 0 Å². The van der Waals surface area contributed by atoms with Crippen molar-refractivity contribution in [2.45, 2.75) is 34.6 Å². The van der Waals surface area contributed by atoms with E-state index in [1.54, 1.807) is 12.3 Å². The van der Waals surface area contributed by atoms with Crippen molar-refractivity contribution in [2.75, 3.05) is 6.26 Å². The van der Waals surface area contributed by atoms with Gasteiger partial charge in [-0.1, -0.05) is 27.7 Å². The highest BCUT2D eigenvalue weighted by Crippen LogP contribution is 1.31. The Bertz CT molecular complexity index is 96.6. The number of hydrogen-bond acceptors (Lipinski definition) is 6. The molecule has 0 aliphatic heterocycles. The van der Waals surface area contributed by atoms with Crippen LogP contribution in [0.15, 0.2) is 0 Å². The molecule has 0 radical (unpaired) electrons. The van der Waals surface area contributed by atoms with Gasteiger partial charge in [0.1, 0.15) is 6.79 Å². The second-order valence-corrected chi connectivity index (χ2v) is 0.329. The Morgan fingerprint density at radius 3 is 1.17 bits per heavy atom. The SMILES string of the molecule is C=O.CC.CC.CC#N.CS.NN.O=CO.S.S.[HH].[HH]. The van der Waals surface area contributed by atoms with Crippen LogP contribution in [0.3, 0.4) is 0 Å². The number of nitriles is 1. The Kier molecular flexibility index (Phi) is 5750. The summed E-state index contributed by atoms with van der Waals surface area (Å²) in [5.41, 5.74) is 0. The van der Waals surface area contributed by atoms with E-state index < -0.39 is 0 Å². The number of nitrogens with zero attached hydrogens (tertiary/aromatic N) is 1. The second kappa shape index (κ2) is 1580. The fourth-order valence-corrected chi connectivity index (χ4v) is 0. The lowest BCUT2D eigenvalue weighted by atomic mass is 11.0. The third-order valence-electron chi connectivity index (χ3n) is 0. The van der Waals surface area contributed by atoms with Crippen molar-refractivity contribution in [1.29, 1.82) is 5.26 Å². The number of nitrogens with two attached hydrogens (primary N) is 2. The van der Waals surface area contributed by atoms with Gasteiger partial charge in [-0.3, -0.25) is 16.5 Å². The molecule has 0 heterocycles. The molecule has 0 atom stereocenters. The van der Waals surface area contributed by atoms with E-state index in [0.29, 0.717) is 0 Å². The molecular formula is C9H35N3O3S3. The summed E-state index contributed by atoms with van der Waals surface area (Å²) in [4.78, 5) is 16.4. The van der Waals surface area contributed by atoms with Gasteiger partial charge in [0.15, 0.2) is 0 Å². The van der Waals surface area contributed by atoms with Crippen molar-refractivity contribution in [3.05, 3.63) is 0 Å². The number of hydrazine groups is 1. The Hall–Kier alpha value is -0.400. The highest BCUT2D eigenvalue weighted by Gasteiger charge is 1.22. The van der Waals surface area contributed by atoms with Gasteiger partial charge in [0.25, 0.3) is 6.47 Å². The normalized spacial score (nSPS) is 2.67. The molecule has 0 amide bonds. The second-order valence-electron chi connectivity index (χ2n) is 0.329. The van der Waals surface area contributed by atoms with Gasteiger partial charge in [-0.2, -0.15) is 44.9 Å². The van der Waals surface area contributed by atoms with Crippen molar-refractivity contribution >= 4 is 52.9 Å². The molecule has 0 aromatic carbocycles. The van der Waals surface area contributed by atoms with Gasteiger partial charge in [-0.05, 0) is 6.26 Å². The van der Waals surface area contributed by atoms with Crippen molar-refractivity contribution in [3.63, 3.8) is 0 Å². The summed E-state index contributed by atoms with van der Waals surface area (Å²) in [5.74, 6) is 8.00. The fraction of sp³-hybridized carbons (Fsp3) is 0.667. The van der Waals surface area contributed by atoms with E-state index in [2.05, 4.69) is 24.3 Å². The van der Waals surface area contributed by atoms with Crippen molar-refractivity contribution in [2.24, 2.45) is 11.7 Å². The minimum Gasteiger partial charge on any atom is -0.483 e. The van der Waals surface area contributed by atoms with E-state index in [9.17, 15) is 0 Å². The van der Waals surface area contributed by atoms with Crippen molar-refractivity contribution < 1.29 is 17.5 Å². The van der Waals surface area contributed by atoms with Crippen LogP contribution in [0.25, 0.3) is 0 Å². The first-order valence-corrected chi connectivity index (χ1v) is 5.18. The van der Waals surface area contributed by atoms with Crippen LogP contribution in [0.5, 0.6) is 0 Å². The average Bonchev–Trinajstić information content (AvgIpc) is 2.42. The van der Waals surface area contributed by atoms with E-state index in [4.69, 9.17) is 20.0 Å². The first-order chi connectivity index (χ1) is 7.83. The summed E-state index contributed by atoms with van der Waals surface area (Å²) < 4.78 is 0. The summed E-state index contributed by atoms with van der Waals surface area (Å²) in [6.45, 7) is 11.2. The number of hydrogen-bond donors (Lipinski definition) is 4. The molecule has 0 aromatic rings. The van der Waals surface area contributed by atoms with Crippen LogP contribution in [0.4, 0.5) is 0 Å². The lowest BCUT2D eigenvalue weighted by Crippen LogP contribution is -2.02. The smallest absolute Gasteiger partial charge is 0.290 e. The molecule has 0 fully saturated rings. The molecule has 0 bridgehead atoms. The van der Waals surface area contributed by atoms with Gasteiger partial charge in [-0.15, -0.1) is 0 Å². The van der Waals surface area contributed by atoms with E-state index >= 15 is 0 Å². The maximum atomic E-state index is 8.36. The number of carbonyl (C=O) groups is 2. The average molecular weight is 330 g/mol. The molecule has 122 valence electrons. The lowest BCUT2D eigenvalue weighted by Gasteiger charge is -1.34. The molecule has 9 heteroatoms. The van der Waals surface area contributed by atoms with Crippen molar-refractivity contribution in [1.82, 2.24) is 0 Å². The van der Waals surface area contributed by atoms with E-state index in [0.717, 1.165) is 0 Å². The summed E-state index contributed by atoms with van der Waals surface area (Å²) in [5, 5.41) is 14.2. The Balaban J connectivity index is -0.00000000513. The first kappa shape index (κ1) is 65.6. The highest BCUT2D eigenvalue weighted by atomic mass is 32.1. The molecule has 0 saturated carbocycles. The Labute approximate surface area is 134 Å². The molecule has 0 unspecified atom stereocenters. The van der Waals surface area contributed by atoms with Gasteiger partial charge in [0, 0.05) is 9.78 Å². The largest absolute Gasteiger partial charge is 0.483 e. The van der Waals surface area contributed by atoms with Gasteiger partial charge in [-0.25, -0.2) is 0 Å². The summed E-state index contributed by atoms with van der Waals surface area (Å²) >= 11 is 3.53. The third-order valence-corrected chi connectivity index (χ3v) is 0. The maximum Gasteiger partial charge on any atom is 0.290 e. The Morgan fingerprint density at radius 1 is 1.17 bits per heavy atom. The molecule has 0 aromatic heterocycles. The Morgan fingerprint density at radius 2 is 1.17 bits per heavy atom. The van der Waals surface area contributed by atoms with E-state index in [1.165, 1.54) is 6.92 Å². The highest BCUT2D eigenvalue weighted by molar-refractivity contribution is 7.79. The summed E-state index contributed by atoms with van der Waals surface area (Å²) in [7, 11) is 0. The molecule has 0 saturated heterocycles. The zero-order chi connectivity index (χ0) is 15.4. The predicted molar refractivity (Wildman–Crippen MR) is 98.1 cm³/mol. The van der Waals surface area contributed by atoms with Crippen LogP contribution in [0.2, 0.25) is 0 Å². The quantitative estimate of drug-likeness (QED) is 0.233. The first-order valence-electron chi connectivity index (χ1n) is 4.29. The topological polar surface area (TPSA) is 130 Å². The molecule has 5 N–H and O–H groups in total. The molecule has 0 aliphatic rings. The van der Waals surface area contributed by atoms with Crippen LogP contribution in [0, 0.1) is 11.3 Å². The minimum absolute atomic E-state index is 0. The standard InChI is InChI=1S/C2H3N.2C2H6.CH2O2.CH2O.CH4S.H4N2.2H2S.2H2/c1-2-3;2*1-2;2-1-3;3*1-2;;;;/h1H3;2*1-2H3;1H,(H,2,3);1H2;2H,1H3;1-2H2;2*1H2;2*1H. The minimum atomic E-state index is -0.250. The van der Waals surface area contributed by atoms with Gasteiger partial charge < -0.3 is 9.90 Å². The monoisotopic (exact) mass is 329 g/mol.